The monoisotopic (exact) mass is 303 g/mol. The van der Waals surface area contributed by atoms with Gasteiger partial charge in [0.05, 0.1) is 5.52 Å². The van der Waals surface area contributed by atoms with E-state index >= 15 is 0 Å². The summed E-state index contributed by atoms with van der Waals surface area (Å²) in [7, 11) is 0. The van der Waals surface area contributed by atoms with E-state index in [1.54, 1.807) is 0 Å². The van der Waals surface area contributed by atoms with Crippen LogP contribution in [0.15, 0.2) is 22.7 Å². The van der Waals surface area contributed by atoms with Gasteiger partial charge in [0.2, 0.25) is 0 Å². The van der Waals surface area contributed by atoms with Crippen LogP contribution in [-0.4, -0.2) is 4.98 Å². The highest BCUT2D eigenvalue weighted by molar-refractivity contribution is 9.10. The quantitative estimate of drug-likeness (QED) is 0.685. The Labute approximate surface area is 107 Å². The number of aryl methyl sites for hydroxylation is 1. The molecule has 0 N–H and O–H groups in total. The standard InChI is InChI=1S/C11H8BrCl2N/c1-2-6-3-7-4-8(13)5-9(12)10(7)15-11(6)14/h3-5H,2H2,1H3. The average molecular weight is 305 g/mol. The Balaban J connectivity index is 2.81. The predicted octanol–water partition coefficient (Wildman–Crippen LogP) is 4.87. The van der Waals surface area contributed by atoms with Gasteiger partial charge in [-0.15, -0.1) is 0 Å². The van der Waals surface area contributed by atoms with Gasteiger partial charge in [0, 0.05) is 14.9 Å². The van der Waals surface area contributed by atoms with Crippen molar-refractivity contribution in [2.45, 2.75) is 13.3 Å². The molecule has 2 aromatic rings. The van der Waals surface area contributed by atoms with Crippen LogP contribution in [0.1, 0.15) is 12.5 Å². The van der Waals surface area contributed by atoms with E-state index in [4.69, 9.17) is 23.2 Å². The topological polar surface area (TPSA) is 12.9 Å². The number of fused-ring (bicyclic) bond motifs is 1. The molecule has 0 aliphatic rings. The van der Waals surface area contributed by atoms with Crippen molar-refractivity contribution in [3.8, 4) is 0 Å². The summed E-state index contributed by atoms with van der Waals surface area (Å²) in [5, 5.41) is 2.27. The van der Waals surface area contributed by atoms with Crippen LogP contribution in [0, 0.1) is 0 Å². The third-order valence-corrected chi connectivity index (χ3v) is 3.39. The van der Waals surface area contributed by atoms with Crippen molar-refractivity contribution < 1.29 is 0 Å². The Hall–Kier alpha value is -0.310. The van der Waals surface area contributed by atoms with E-state index in [1.165, 1.54) is 0 Å². The molecule has 0 saturated carbocycles. The highest BCUT2D eigenvalue weighted by Crippen LogP contribution is 2.29. The van der Waals surface area contributed by atoms with Crippen LogP contribution in [-0.2, 0) is 6.42 Å². The second kappa shape index (κ2) is 4.28. The minimum atomic E-state index is 0.563. The van der Waals surface area contributed by atoms with Crippen molar-refractivity contribution in [2.24, 2.45) is 0 Å². The molecular weight excluding hydrogens is 297 g/mol. The van der Waals surface area contributed by atoms with Crippen LogP contribution in [0.4, 0.5) is 0 Å². The highest BCUT2D eigenvalue weighted by atomic mass is 79.9. The van der Waals surface area contributed by atoms with Gasteiger partial charge >= 0.3 is 0 Å². The number of rotatable bonds is 1. The van der Waals surface area contributed by atoms with Gasteiger partial charge in [0.25, 0.3) is 0 Å². The van der Waals surface area contributed by atoms with Gasteiger partial charge in [-0.1, -0.05) is 30.1 Å². The van der Waals surface area contributed by atoms with Gasteiger partial charge in [-0.2, -0.15) is 0 Å². The lowest BCUT2D eigenvalue weighted by Gasteiger charge is -2.05. The maximum absolute atomic E-state index is 6.05. The number of hydrogen-bond donors (Lipinski definition) is 0. The third-order valence-electron chi connectivity index (χ3n) is 2.24. The number of hydrogen-bond acceptors (Lipinski definition) is 1. The average Bonchev–Trinajstić information content (AvgIpc) is 2.18. The van der Waals surface area contributed by atoms with E-state index in [-0.39, 0.29) is 0 Å². The van der Waals surface area contributed by atoms with E-state index < -0.39 is 0 Å². The minimum Gasteiger partial charge on any atom is -0.235 e. The van der Waals surface area contributed by atoms with Gasteiger partial charge in [-0.05, 0) is 46.1 Å². The molecule has 0 saturated heterocycles. The molecule has 1 heterocycles. The van der Waals surface area contributed by atoms with Crippen molar-refractivity contribution >= 4 is 50.0 Å². The molecule has 0 amide bonds. The lowest BCUT2D eigenvalue weighted by Crippen LogP contribution is -1.89. The van der Waals surface area contributed by atoms with Crippen LogP contribution in [0.25, 0.3) is 10.9 Å². The summed E-state index contributed by atoms with van der Waals surface area (Å²) in [6.45, 7) is 2.05. The van der Waals surface area contributed by atoms with Gasteiger partial charge in [0.15, 0.2) is 0 Å². The fourth-order valence-electron chi connectivity index (χ4n) is 1.48. The van der Waals surface area contributed by atoms with Crippen LogP contribution in [0.2, 0.25) is 10.2 Å². The molecule has 1 nitrogen and oxygen atoms in total. The molecule has 0 aliphatic heterocycles. The fourth-order valence-corrected chi connectivity index (χ4v) is 2.67. The highest BCUT2D eigenvalue weighted by Gasteiger charge is 2.07. The summed E-state index contributed by atoms with van der Waals surface area (Å²) >= 11 is 15.4. The van der Waals surface area contributed by atoms with E-state index in [0.29, 0.717) is 10.2 Å². The molecule has 0 aliphatic carbocycles. The first kappa shape index (κ1) is 11.2. The zero-order valence-corrected chi connectivity index (χ0v) is 11.1. The fraction of sp³-hybridized carbons (Fsp3) is 0.182. The van der Waals surface area contributed by atoms with Gasteiger partial charge < -0.3 is 0 Å². The first-order valence-electron chi connectivity index (χ1n) is 4.56. The van der Waals surface area contributed by atoms with Crippen molar-refractivity contribution in [2.75, 3.05) is 0 Å². The predicted molar refractivity (Wildman–Crippen MR) is 68.8 cm³/mol. The number of aromatic nitrogens is 1. The molecule has 0 spiro atoms. The summed E-state index contributed by atoms with van der Waals surface area (Å²) in [4.78, 5) is 4.35. The van der Waals surface area contributed by atoms with Gasteiger partial charge in [0.1, 0.15) is 5.15 Å². The Morgan fingerprint density at radius 2 is 2.00 bits per heavy atom. The molecule has 0 bridgehead atoms. The Morgan fingerprint density at radius 1 is 1.27 bits per heavy atom. The number of halogens is 3. The smallest absolute Gasteiger partial charge is 0.133 e. The first-order valence-corrected chi connectivity index (χ1v) is 6.11. The summed E-state index contributed by atoms with van der Waals surface area (Å²) in [6, 6.07) is 5.74. The van der Waals surface area contributed by atoms with Crippen molar-refractivity contribution in [1.29, 1.82) is 0 Å². The van der Waals surface area contributed by atoms with Crippen molar-refractivity contribution in [3.05, 3.63) is 38.4 Å². The Kier molecular flexibility index (Phi) is 3.19. The molecule has 0 unspecified atom stereocenters. The molecule has 15 heavy (non-hydrogen) atoms. The Bertz CT molecular complexity index is 525. The SMILES string of the molecule is CCc1cc2cc(Cl)cc(Br)c2nc1Cl. The van der Waals surface area contributed by atoms with Crippen LogP contribution < -0.4 is 0 Å². The number of pyridine rings is 1. The third kappa shape index (κ3) is 2.12. The summed E-state index contributed by atoms with van der Waals surface area (Å²) in [5.41, 5.74) is 1.89. The van der Waals surface area contributed by atoms with E-state index in [0.717, 1.165) is 27.4 Å². The lowest BCUT2D eigenvalue weighted by molar-refractivity contribution is 1.12. The van der Waals surface area contributed by atoms with E-state index in [2.05, 4.69) is 20.9 Å². The molecule has 4 heteroatoms. The molecule has 0 fully saturated rings. The maximum Gasteiger partial charge on any atom is 0.133 e. The Morgan fingerprint density at radius 3 is 2.67 bits per heavy atom. The summed E-state index contributed by atoms with van der Waals surface area (Å²) in [5.74, 6) is 0. The first-order chi connectivity index (χ1) is 7.11. The molecule has 0 radical (unpaired) electrons. The second-order valence-electron chi connectivity index (χ2n) is 3.25. The van der Waals surface area contributed by atoms with Crippen LogP contribution in [0.5, 0.6) is 0 Å². The normalized spacial score (nSPS) is 10.9. The van der Waals surface area contributed by atoms with Crippen LogP contribution in [0.3, 0.4) is 0 Å². The largest absolute Gasteiger partial charge is 0.235 e. The molecule has 1 aromatic carbocycles. The van der Waals surface area contributed by atoms with E-state index in [9.17, 15) is 0 Å². The van der Waals surface area contributed by atoms with Gasteiger partial charge in [-0.3, -0.25) is 0 Å². The van der Waals surface area contributed by atoms with Crippen molar-refractivity contribution in [3.63, 3.8) is 0 Å². The molecule has 1 aromatic heterocycles. The summed E-state index contributed by atoms with van der Waals surface area (Å²) in [6.07, 6.45) is 0.867. The minimum absolute atomic E-state index is 0.563. The lowest BCUT2D eigenvalue weighted by atomic mass is 10.1. The maximum atomic E-state index is 6.05. The summed E-state index contributed by atoms with van der Waals surface area (Å²) < 4.78 is 0.870. The van der Waals surface area contributed by atoms with Crippen LogP contribution >= 0.6 is 39.1 Å². The number of benzene rings is 1. The molecular formula is C11H8BrCl2N. The zero-order chi connectivity index (χ0) is 11.0. The molecule has 78 valence electrons. The molecule has 0 atom stereocenters. The van der Waals surface area contributed by atoms with Gasteiger partial charge in [-0.25, -0.2) is 4.98 Å². The number of nitrogens with zero attached hydrogens (tertiary/aromatic N) is 1. The van der Waals surface area contributed by atoms with E-state index in [1.807, 2.05) is 25.1 Å². The second-order valence-corrected chi connectivity index (χ2v) is 4.90. The van der Waals surface area contributed by atoms with Crippen molar-refractivity contribution in [1.82, 2.24) is 4.98 Å². The zero-order valence-electron chi connectivity index (χ0n) is 8.02. The molecule has 2 rings (SSSR count).